The van der Waals surface area contributed by atoms with Gasteiger partial charge in [0, 0.05) is 13.1 Å². The highest BCUT2D eigenvalue weighted by molar-refractivity contribution is 7.22. The van der Waals surface area contributed by atoms with Crippen LogP contribution in [0.1, 0.15) is 30.9 Å². The zero-order chi connectivity index (χ0) is 23.2. The van der Waals surface area contributed by atoms with Gasteiger partial charge in [0.05, 0.1) is 16.1 Å². The maximum absolute atomic E-state index is 14.2. The van der Waals surface area contributed by atoms with E-state index in [2.05, 4.69) is 18.7 Å². The average Bonchev–Trinajstić information content (AvgIpc) is 3.26. The van der Waals surface area contributed by atoms with Crippen LogP contribution in [-0.2, 0) is 4.79 Å². The number of benzene rings is 3. The van der Waals surface area contributed by atoms with Gasteiger partial charge in [-0.15, -0.1) is 0 Å². The number of carbonyl (C=O) groups is 1. The molecule has 0 atom stereocenters. The number of aromatic nitrogens is 1. The molecule has 0 saturated heterocycles. The second kappa shape index (κ2) is 10.7. The molecule has 3 aromatic carbocycles. The number of halogens is 1. The number of nitrogens with zero attached hydrogens (tertiary/aromatic N) is 3. The molecule has 1 aromatic heterocycles. The molecule has 1 amide bonds. The Labute approximate surface area is 198 Å². The van der Waals surface area contributed by atoms with Gasteiger partial charge in [0.1, 0.15) is 5.82 Å². The molecule has 1 heterocycles. The van der Waals surface area contributed by atoms with Gasteiger partial charge >= 0.3 is 0 Å². The van der Waals surface area contributed by atoms with Gasteiger partial charge in [-0.1, -0.05) is 85.8 Å². The first-order chi connectivity index (χ1) is 16.1. The molecule has 0 saturated carbocycles. The van der Waals surface area contributed by atoms with Crippen LogP contribution in [0.5, 0.6) is 0 Å². The molecule has 0 aliphatic carbocycles. The molecule has 6 heteroatoms. The van der Waals surface area contributed by atoms with E-state index in [0.29, 0.717) is 17.2 Å². The van der Waals surface area contributed by atoms with Crippen molar-refractivity contribution in [1.82, 2.24) is 9.88 Å². The van der Waals surface area contributed by atoms with E-state index in [1.54, 1.807) is 11.0 Å². The Morgan fingerprint density at radius 3 is 2.09 bits per heavy atom. The molecule has 0 unspecified atom stereocenters. The third-order valence-corrected chi connectivity index (χ3v) is 6.92. The van der Waals surface area contributed by atoms with Crippen molar-refractivity contribution >= 4 is 32.6 Å². The zero-order valence-corrected chi connectivity index (χ0v) is 19.8. The van der Waals surface area contributed by atoms with Crippen molar-refractivity contribution in [1.29, 1.82) is 0 Å². The van der Waals surface area contributed by atoms with E-state index in [-0.39, 0.29) is 11.7 Å². The number of anilines is 1. The van der Waals surface area contributed by atoms with Crippen molar-refractivity contribution in [2.75, 3.05) is 31.1 Å². The normalized spacial score (nSPS) is 11.4. The van der Waals surface area contributed by atoms with Gasteiger partial charge in [-0.05, 0) is 42.4 Å². The SMILES string of the molecule is CCN(CC)CCN(C(=O)C(c1ccccc1)c1ccccc1)c1nc2ccc(F)cc2s1. The molecule has 0 aliphatic rings. The molecule has 0 N–H and O–H groups in total. The summed E-state index contributed by atoms with van der Waals surface area (Å²) in [6, 6.07) is 24.3. The third kappa shape index (κ3) is 5.29. The molecule has 0 aliphatic heterocycles. The van der Waals surface area contributed by atoms with Crippen LogP contribution in [0.15, 0.2) is 78.9 Å². The summed E-state index contributed by atoms with van der Waals surface area (Å²) in [6.45, 7) is 7.30. The number of likely N-dealkylation sites (N-methyl/N-ethyl adjacent to an activating group) is 1. The van der Waals surface area contributed by atoms with E-state index in [1.807, 2.05) is 60.7 Å². The average molecular weight is 462 g/mol. The maximum atomic E-state index is 14.2. The van der Waals surface area contributed by atoms with Crippen LogP contribution in [0.4, 0.5) is 9.52 Å². The fourth-order valence-electron chi connectivity index (χ4n) is 4.01. The highest BCUT2D eigenvalue weighted by Crippen LogP contribution is 2.33. The van der Waals surface area contributed by atoms with E-state index in [1.165, 1.54) is 23.5 Å². The Morgan fingerprint density at radius 1 is 0.909 bits per heavy atom. The molecule has 0 fully saturated rings. The minimum atomic E-state index is -0.451. The fraction of sp³-hybridized carbons (Fsp3) is 0.259. The maximum Gasteiger partial charge on any atom is 0.240 e. The molecule has 0 radical (unpaired) electrons. The van der Waals surface area contributed by atoms with Crippen molar-refractivity contribution in [2.45, 2.75) is 19.8 Å². The third-order valence-electron chi connectivity index (χ3n) is 5.88. The molecular formula is C27H28FN3OS. The van der Waals surface area contributed by atoms with Crippen molar-refractivity contribution in [3.63, 3.8) is 0 Å². The quantitative estimate of drug-likeness (QED) is 0.309. The molecule has 4 aromatic rings. The first kappa shape index (κ1) is 23.1. The van der Waals surface area contributed by atoms with Crippen molar-refractivity contribution in [3.8, 4) is 0 Å². The molecule has 0 spiro atoms. The van der Waals surface area contributed by atoms with Crippen LogP contribution >= 0.6 is 11.3 Å². The Bertz CT molecular complexity index is 1150. The Kier molecular flexibility index (Phi) is 7.47. The van der Waals surface area contributed by atoms with Crippen LogP contribution in [-0.4, -0.2) is 42.0 Å². The Hall–Kier alpha value is -3.09. The summed E-state index contributed by atoms with van der Waals surface area (Å²) in [5.74, 6) is -0.780. The summed E-state index contributed by atoms with van der Waals surface area (Å²) >= 11 is 1.36. The summed E-state index contributed by atoms with van der Waals surface area (Å²) in [6.07, 6.45) is 0. The molecular weight excluding hydrogens is 433 g/mol. The van der Waals surface area contributed by atoms with Gasteiger partial charge in [-0.25, -0.2) is 9.37 Å². The fourth-order valence-corrected chi connectivity index (χ4v) is 5.03. The zero-order valence-electron chi connectivity index (χ0n) is 18.9. The van der Waals surface area contributed by atoms with Gasteiger partial charge in [0.25, 0.3) is 0 Å². The van der Waals surface area contributed by atoms with Gasteiger partial charge in [0.15, 0.2) is 5.13 Å². The van der Waals surface area contributed by atoms with Crippen LogP contribution in [0, 0.1) is 5.82 Å². The largest absolute Gasteiger partial charge is 0.302 e. The van der Waals surface area contributed by atoms with Crippen LogP contribution in [0.25, 0.3) is 10.2 Å². The summed E-state index contributed by atoms with van der Waals surface area (Å²) in [5, 5.41) is 0.601. The minimum absolute atomic E-state index is 0.0286. The Morgan fingerprint density at radius 2 is 1.52 bits per heavy atom. The van der Waals surface area contributed by atoms with Gasteiger partial charge < -0.3 is 4.90 Å². The Balaban J connectivity index is 1.77. The van der Waals surface area contributed by atoms with Gasteiger partial charge in [-0.3, -0.25) is 9.69 Å². The number of thiazole rings is 1. The predicted octanol–water partition coefficient (Wildman–Crippen LogP) is 5.94. The van der Waals surface area contributed by atoms with Gasteiger partial charge in [0.2, 0.25) is 5.91 Å². The highest BCUT2D eigenvalue weighted by atomic mass is 32.1. The molecule has 4 nitrogen and oxygen atoms in total. The number of fused-ring (bicyclic) bond motifs is 1. The number of rotatable bonds is 9. The second-order valence-corrected chi connectivity index (χ2v) is 8.89. The lowest BCUT2D eigenvalue weighted by atomic mass is 9.90. The van der Waals surface area contributed by atoms with Gasteiger partial charge in [-0.2, -0.15) is 0 Å². The van der Waals surface area contributed by atoms with E-state index < -0.39 is 5.92 Å². The number of hydrogen-bond acceptors (Lipinski definition) is 4. The second-order valence-electron chi connectivity index (χ2n) is 7.88. The number of hydrogen-bond donors (Lipinski definition) is 0. The monoisotopic (exact) mass is 461 g/mol. The van der Waals surface area contributed by atoms with Crippen molar-refractivity contribution in [3.05, 3.63) is 95.8 Å². The molecule has 33 heavy (non-hydrogen) atoms. The van der Waals surface area contributed by atoms with Crippen LogP contribution in [0.2, 0.25) is 0 Å². The summed E-state index contributed by atoms with van der Waals surface area (Å²) in [5.41, 5.74) is 2.58. The highest BCUT2D eigenvalue weighted by Gasteiger charge is 2.30. The topological polar surface area (TPSA) is 36.4 Å². The predicted molar refractivity (Wildman–Crippen MR) is 134 cm³/mol. The van der Waals surface area contributed by atoms with E-state index in [4.69, 9.17) is 4.98 Å². The van der Waals surface area contributed by atoms with E-state index in [0.717, 1.165) is 35.5 Å². The van der Waals surface area contributed by atoms with E-state index in [9.17, 15) is 9.18 Å². The summed E-state index contributed by atoms with van der Waals surface area (Å²) in [7, 11) is 0. The lowest BCUT2D eigenvalue weighted by Gasteiger charge is -2.28. The molecule has 0 bridgehead atoms. The van der Waals surface area contributed by atoms with Crippen molar-refractivity contribution in [2.24, 2.45) is 0 Å². The van der Waals surface area contributed by atoms with Crippen LogP contribution in [0.3, 0.4) is 0 Å². The first-order valence-electron chi connectivity index (χ1n) is 11.3. The smallest absolute Gasteiger partial charge is 0.240 e. The molecule has 170 valence electrons. The van der Waals surface area contributed by atoms with Crippen molar-refractivity contribution < 1.29 is 9.18 Å². The number of amides is 1. The lowest BCUT2D eigenvalue weighted by Crippen LogP contribution is -2.41. The molecule has 4 rings (SSSR count). The summed E-state index contributed by atoms with van der Waals surface area (Å²) < 4.78 is 14.6. The van der Waals surface area contributed by atoms with Crippen LogP contribution < -0.4 is 4.90 Å². The lowest BCUT2D eigenvalue weighted by molar-refractivity contribution is -0.119. The van der Waals surface area contributed by atoms with E-state index >= 15 is 0 Å². The standard InChI is InChI=1S/C27H28FN3OS/c1-3-30(4-2)17-18-31(27-29-23-16-15-22(28)19-24(23)33-27)26(32)25(20-11-7-5-8-12-20)21-13-9-6-10-14-21/h5-16,19,25H,3-4,17-18H2,1-2H3. The first-order valence-corrected chi connectivity index (χ1v) is 12.1. The number of carbonyl (C=O) groups excluding carboxylic acids is 1. The summed E-state index contributed by atoms with van der Waals surface area (Å²) in [4.78, 5) is 23.0. The minimum Gasteiger partial charge on any atom is -0.302 e.